The zero-order valence-electron chi connectivity index (χ0n) is 25.2. The molecule has 1 aromatic heterocycles. The molecule has 2 heterocycles. The number of methoxy groups -OCH3 is 1. The van der Waals surface area contributed by atoms with Crippen LogP contribution >= 0.6 is 30.9 Å². The van der Waals surface area contributed by atoms with Gasteiger partial charge in [0.1, 0.15) is 11.8 Å². The summed E-state index contributed by atoms with van der Waals surface area (Å²) in [5.74, 6) is -2.26. The Labute approximate surface area is 275 Å². The van der Waals surface area contributed by atoms with E-state index in [1.165, 1.54) is 39.3 Å². The average molecular weight is 695 g/mol. The SMILES string of the molecule is COC(=O)[C@H](C)NP(=O)(Oc1ccccc1)N1CCC(NC(=O)c2nn(C(=O)[C@H](C)N)cc2NC(=O)c2c(Cl)cccc2Cl)CC1. The molecule has 3 atom stereocenters. The number of nitrogens with zero attached hydrogens (tertiary/aromatic N) is 3. The number of ether oxygens (including phenoxy) is 1. The van der Waals surface area contributed by atoms with Gasteiger partial charge in [0.15, 0.2) is 5.69 Å². The maximum atomic E-state index is 14.1. The number of nitrogens with two attached hydrogens (primary N) is 1. The van der Waals surface area contributed by atoms with Crippen LogP contribution in [0.1, 0.15) is 52.3 Å². The van der Waals surface area contributed by atoms with Crippen LogP contribution in [0.2, 0.25) is 10.0 Å². The van der Waals surface area contributed by atoms with Crippen molar-refractivity contribution in [3.05, 3.63) is 76.0 Å². The number of nitrogens with one attached hydrogen (secondary N) is 3. The second-order valence-electron chi connectivity index (χ2n) is 10.5. The van der Waals surface area contributed by atoms with E-state index in [-0.39, 0.29) is 40.1 Å². The van der Waals surface area contributed by atoms with Crippen molar-refractivity contribution in [3.63, 3.8) is 0 Å². The molecule has 2 aromatic carbocycles. The fraction of sp³-hybridized carbons (Fsp3) is 0.345. The third kappa shape index (κ3) is 8.32. The molecule has 14 nitrogen and oxygen atoms in total. The molecule has 46 heavy (non-hydrogen) atoms. The Morgan fingerprint density at radius 1 is 1.00 bits per heavy atom. The van der Waals surface area contributed by atoms with Gasteiger partial charge in [-0.2, -0.15) is 5.10 Å². The van der Waals surface area contributed by atoms with Crippen LogP contribution in [0.4, 0.5) is 5.69 Å². The number of aromatic nitrogens is 2. The maximum Gasteiger partial charge on any atom is 0.393 e. The molecule has 0 bridgehead atoms. The predicted molar refractivity (Wildman–Crippen MR) is 172 cm³/mol. The summed E-state index contributed by atoms with van der Waals surface area (Å²) in [4.78, 5) is 51.3. The molecular weight excluding hydrogens is 660 g/mol. The van der Waals surface area contributed by atoms with Crippen LogP contribution in [-0.2, 0) is 14.1 Å². The first-order chi connectivity index (χ1) is 21.8. The highest BCUT2D eigenvalue weighted by Gasteiger charge is 2.39. The minimum Gasteiger partial charge on any atom is -0.468 e. The molecule has 1 fully saturated rings. The normalized spacial score (nSPS) is 16.5. The van der Waals surface area contributed by atoms with Crippen molar-refractivity contribution in [1.29, 1.82) is 0 Å². The standard InChI is InChI=1S/C29H34Cl2N7O7P/c1-17(32)28(41)38-16-23(34-26(39)24-21(30)10-7-11-22(24)31)25(35-38)27(40)33-19-12-14-37(15-13-19)46(43,36-18(2)29(42)44-3)45-20-8-5-4-6-9-20/h4-11,16-19H,12-15,32H2,1-3H3,(H,33,40)(H,34,39)(H,36,43)/t17-,18-,46?/m0/s1. The Hall–Kier alpha value is -3.78. The number of carbonyl (C=O) groups excluding carboxylic acids is 4. The summed E-state index contributed by atoms with van der Waals surface area (Å²) in [6.45, 7) is 3.43. The summed E-state index contributed by atoms with van der Waals surface area (Å²) in [6, 6.07) is 10.8. The van der Waals surface area contributed by atoms with Crippen molar-refractivity contribution in [2.24, 2.45) is 5.73 Å². The van der Waals surface area contributed by atoms with Crippen LogP contribution in [0.15, 0.2) is 54.7 Å². The lowest BCUT2D eigenvalue weighted by Crippen LogP contribution is -2.47. The second kappa shape index (κ2) is 15.2. The topological polar surface area (TPSA) is 187 Å². The molecule has 0 saturated carbocycles. The molecule has 0 spiro atoms. The second-order valence-corrected chi connectivity index (χ2v) is 13.4. The molecule has 4 rings (SSSR count). The number of piperidine rings is 1. The lowest BCUT2D eigenvalue weighted by Gasteiger charge is -2.37. The number of hydrogen-bond acceptors (Lipinski definition) is 9. The number of carbonyl (C=O) groups is 4. The van der Waals surface area contributed by atoms with Gasteiger partial charge in [-0.05, 0) is 51.0 Å². The zero-order valence-corrected chi connectivity index (χ0v) is 27.6. The van der Waals surface area contributed by atoms with Gasteiger partial charge in [0.25, 0.3) is 17.7 Å². The van der Waals surface area contributed by atoms with E-state index in [9.17, 15) is 23.7 Å². The van der Waals surface area contributed by atoms with E-state index in [2.05, 4.69) is 20.8 Å². The molecule has 1 aliphatic rings. The van der Waals surface area contributed by atoms with E-state index in [1.54, 1.807) is 41.1 Å². The fourth-order valence-electron chi connectivity index (χ4n) is 4.65. The third-order valence-corrected chi connectivity index (χ3v) is 9.99. The Balaban J connectivity index is 1.50. The fourth-order valence-corrected chi connectivity index (χ4v) is 7.31. The number of benzene rings is 2. The van der Waals surface area contributed by atoms with Gasteiger partial charge in [-0.3, -0.25) is 19.2 Å². The van der Waals surface area contributed by atoms with Gasteiger partial charge >= 0.3 is 13.6 Å². The molecule has 17 heteroatoms. The minimum atomic E-state index is -3.80. The van der Waals surface area contributed by atoms with Crippen LogP contribution in [0.3, 0.4) is 0 Å². The summed E-state index contributed by atoms with van der Waals surface area (Å²) in [5, 5.41) is 12.5. The number of para-hydroxylation sites is 1. The first-order valence-electron chi connectivity index (χ1n) is 14.2. The molecule has 1 saturated heterocycles. The van der Waals surface area contributed by atoms with Crippen LogP contribution < -0.4 is 26.0 Å². The Morgan fingerprint density at radius 3 is 2.22 bits per heavy atom. The lowest BCUT2D eigenvalue weighted by atomic mass is 10.1. The Morgan fingerprint density at radius 2 is 1.63 bits per heavy atom. The number of halogens is 2. The van der Waals surface area contributed by atoms with Gasteiger partial charge in [-0.25, -0.2) is 19.0 Å². The quantitative estimate of drug-likeness (QED) is 0.168. The van der Waals surface area contributed by atoms with Crippen molar-refractivity contribution in [1.82, 2.24) is 24.9 Å². The highest BCUT2D eigenvalue weighted by atomic mass is 35.5. The van der Waals surface area contributed by atoms with Crippen LogP contribution in [0.25, 0.3) is 0 Å². The van der Waals surface area contributed by atoms with Gasteiger partial charge < -0.3 is 25.6 Å². The smallest absolute Gasteiger partial charge is 0.393 e. The van der Waals surface area contributed by atoms with E-state index < -0.39 is 49.5 Å². The van der Waals surface area contributed by atoms with E-state index in [0.717, 1.165) is 4.68 Å². The molecule has 246 valence electrons. The van der Waals surface area contributed by atoms with Gasteiger partial charge in [-0.15, -0.1) is 0 Å². The molecule has 5 N–H and O–H groups in total. The molecule has 1 unspecified atom stereocenters. The third-order valence-electron chi connectivity index (χ3n) is 7.05. The van der Waals surface area contributed by atoms with Crippen molar-refractivity contribution in [3.8, 4) is 5.75 Å². The average Bonchev–Trinajstić information content (AvgIpc) is 3.44. The first kappa shape index (κ1) is 35.1. The van der Waals surface area contributed by atoms with Crippen molar-refractivity contribution < 1.29 is 33.0 Å². The van der Waals surface area contributed by atoms with Gasteiger partial charge in [-0.1, -0.05) is 47.5 Å². The summed E-state index contributed by atoms with van der Waals surface area (Å²) >= 11 is 12.4. The lowest BCUT2D eigenvalue weighted by molar-refractivity contribution is -0.142. The Bertz CT molecular complexity index is 1630. The first-order valence-corrected chi connectivity index (χ1v) is 16.6. The van der Waals surface area contributed by atoms with Crippen molar-refractivity contribution in [2.45, 2.75) is 44.8 Å². The predicted octanol–water partition coefficient (Wildman–Crippen LogP) is 3.96. The number of esters is 1. The molecular formula is C29H34Cl2N7O7P. The summed E-state index contributed by atoms with van der Waals surface area (Å²) in [5.41, 5.74) is 5.41. The highest BCUT2D eigenvalue weighted by molar-refractivity contribution is 7.54. The highest BCUT2D eigenvalue weighted by Crippen LogP contribution is 2.48. The van der Waals surface area contributed by atoms with E-state index in [1.807, 2.05) is 0 Å². The van der Waals surface area contributed by atoms with E-state index in [4.69, 9.17) is 38.2 Å². The van der Waals surface area contributed by atoms with Gasteiger partial charge in [0.05, 0.1) is 40.6 Å². The molecule has 3 aromatic rings. The summed E-state index contributed by atoms with van der Waals surface area (Å²) < 4.78 is 27.3. The Kier molecular flexibility index (Phi) is 11.6. The van der Waals surface area contributed by atoms with Crippen molar-refractivity contribution in [2.75, 3.05) is 25.5 Å². The molecule has 2 amide bonds. The minimum absolute atomic E-state index is 0.0203. The van der Waals surface area contributed by atoms with Gasteiger partial charge in [0, 0.05) is 19.1 Å². The summed E-state index contributed by atoms with van der Waals surface area (Å²) in [7, 11) is -2.57. The molecule has 1 aliphatic heterocycles. The molecule has 0 aliphatic carbocycles. The van der Waals surface area contributed by atoms with Gasteiger partial charge in [0.2, 0.25) is 0 Å². The number of hydrogen-bond donors (Lipinski definition) is 4. The van der Waals surface area contributed by atoms with E-state index >= 15 is 0 Å². The maximum absolute atomic E-state index is 14.1. The number of amides is 2. The summed E-state index contributed by atoms with van der Waals surface area (Å²) in [6.07, 6.45) is 1.88. The molecule has 0 radical (unpaired) electrons. The number of rotatable bonds is 11. The van der Waals surface area contributed by atoms with Crippen LogP contribution in [0.5, 0.6) is 5.75 Å². The van der Waals surface area contributed by atoms with Crippen molar-refractivity contribution >= 4 is 60.3 Å². The monoisotopic (exact) mass is 693 g/mol. The number of anilines is 1. The van der Waals surface area contributed by atoms with Crippen LogP contribution in [-0.4, -0.2) is 76.5 Å². The van der Waals surface area contributed by atoms with E-state index in [0.29, 0.717) is 18.6 Å². The zero-order chi connectivity index (χ0) is 33.6. The van der Waals surface area contributed by atoms with Crippen LogP contribution in [0, 0.1) is 0 Å². The largest absolute Gasteiger partial charge is 0.468 e.